The third kappa shape index (κ3) is 3.01. The predicted octanol–water partition coefficient (Wildman–Crippen LogP) is 1.57. The van der Waals surface area contributed by atoms with Gasteiger partial charge >= 0.3 is 0 Å². The van der Waals surface area contributed by atoms with E-state index in [0.717, 1.165) is 5.69 Å². The minimum absolute atomic E-state index is 0.138. The number of rotatable bonds is 3. The van der Waals surface area contributed by atoms with Crippen molar-refractivity contribution in [1.29, 1.82) is 0 Å². The van der Waals surface area contributed by atoms with Gasteiger partial charge < -0.3 is 15.0 Å². The molecular formula is C14H20N2O2. The van der Waals surface area contributed by atoms with Gasteiger partial charge in [0.1, 0.15) is 0 Å². The Morgan fingerprint density at radius 2 is 2.06 bits per heavy atom. The van der Waals surface area contributed by atoms with E-state index in [-0.39, 0.29) is 5.91 Å². The summed E-state index contributed by atoms with van der Waals surface area (Å²) >= 11 is 0. The minimum atomic E-state index is 0.138. The molecule has 1 heterocycles. The normalized spacial score (nSPS) is 15.6. The SMILES string of the molecule is Cc1cccc(NCC(=O)N2CCOCC2)c1C. The van der Waals surface area contributed by atoms with Gasteiger partial charge in [-0.15, -0.1) is 0 Å². The largest absolute Gasteiger partial charge is 0.378 e. The topological polar surface area (TPSA) is 41.6 Å². The van der Waals surface area contributed by atoms with E-state index in [9.17, 15) is 4.79 Å². The number of carbonyl (C=O) groups is 1. The molecule has 0 spiro atoms. The number of carbonyl (C=O) groups excluding carboxylic acids is 1. The highest BCUT2D eigenvalue weighted by Gasteiger charge is 2.16. The Balaban J connectivity index is 1.90. The average molecular weight is 248 g/mol. The molecule has 1 amide bonds. The van der Waals surface area contributed by atoms with E-state index in [2.05, 4.69) is 25.2 Å². The quantitative estimate of drug-likeness (QED) is 0.883. The summed E-state index contributed by atoms with van der Waals surface area (Å²) in [7, 11) is 0. The Morgan fingerprint density at radius 3 is 2.78 bits per heavy atom. The summed E-state index contributed by atoms with van der Waals surface area (Å²) in [6.07, 6.45) is 0. The first-order valence-corrected chi connectivity index (χ1v) is 6.34. The first-order chi connectivity index (χ1) is 8.68. The van der Waals surface area contributed by atoms with Crippen LogP contribution >= 0.6 is 0 Å². The van der Waals surface area contributed by atoms with Gasteiger partial charge in [-0.05, 0) is 31.0 Å². The molecule has 0 atom stereocenters. The number of amides is 1. The predicted molar refractivity (Wildman–Crippen MR) is 71.8 cm³/mol. The van der Waals surface area contributed by atoms with E-state index in [1.54, 1.807) is 0 Å². The maximum Gasteiger partial charge on any atom is 0.242 e. The molecule has 0 unspecified atom stereocenters. The van der Waals surface area contributed by atoms with Gasteiger partial charge in [-0.2, -0.15) is 0 Å². The van der Waals surface area contributed by atoms with Crippen LogP contribution in [0.5, 0.6) is 0 Å². The molecule has 1 fully saturated rings. The Kier molecular flexibility index (Phi) is 4.20. The highest BCUT2D eigenvalue weighted by molar-refractivity contribution is 5.81. The van der Waals surface area contributed by atoms with Gasteiger partial charge in [0.2, 0.25) is 5.91 Å². The van der Waals surface area contributed by atoms with Crippen molar-refractivity contribution in [3.63, 3.8) is 0 Å². The lowest BCUT2D eigenvalue weighted by Crippen LogP contribution is -2.43. The van der Waals surface area contributed by atoms with Crippen molar-refractivity contribution < 1.29 is 9.53 Å². The Labute approximate surface area is 108 Å². The number of benzene rings is 1. The van der Waals surface area contributed by atoms with Gasteiger partial charge in [-0.1, -0.05) is 12.1 Å². The second-order valence-electron chi connectivity index (χ2n) is 4.59. The number of morpholine rings is 1. The van der Waals surface area contributed by atoms with Gasteiger partial charge in [0.25, 0.3) is 0 Å². The molecule has 0 saturated carbocycles. The van der Waals surface area contributed by atoms with E-state index in [1.807, 2.05) is 17.0 Å². The maximum absolute atomic E-state index is 12.0. The van der Waals surface area contributed by atoms with Crippen molar-refractivity contribution in [2.75, 3.05) is 38.2 Å². The monoisotopic (exact) mass is 248 g/mol. The molecule has 4 heteroatoms. The Bertz CT molecular complexity index is 426. The van der Waals surface area contributed by atoms with Crippen LogP contribution in [0.15, 0.2) is 18.2 Å². The fourth-order valence-corrected chi connectivity index (χ4v) is 2.04. The molecule has 1 aliphatic heterocycles. The van der Waals surface area contributed by atoms with E-state index >= 15 is 0 Å². The number of aryl methyl sites for hydroxylation is 1. The van der Waals surface area contributed by atoms with E-state index < -0.39 is 0 Å². The van der Waals surface area contributed by atoms with E-state index in [1.165, 1.54) is 11.1 Å². The number of nitrogens with one attached hydrogen (secondary N) is 1. The second-order valence-corrected chi connectivity index (χ2v) is 4.59. The first kappa shape index (κ1) is 12.9. The van der Waals surface area contributed by atoms with Crippen molar-refractivity contribution >= 4 is 11.6 Å². The molecule has 0 aliphatic carbocycles. The van der Waals surface area contributed by atoms with Crippen LogP contribution in [0.3, 0.4) is 0 Å². The van der Waals surface area contributed by atoms with Crippen LogP contribution in [0.2, 0.25) is 0 Å². The van der Waals surface area contributed by atoms with Crippen LogP contribution in [0.25, 0.3) is 0 Å². The molecule has 0 bridgehead atoms. The number of nitrogens with zero attached hydrogens (tertiary/aromatic N) is 1. The van der Waals surface area contributed by atoms with Crippen molar-refractivity contribution in [3.8, 4) is 0 Å². The zero-order valence-electron chi connectivity index (χ0n) is 11.0. The fourth-order valence-electron chi connectivity index (χ4n) is 2.04. The molecule has 1 aromatic carbocycles. The molecule has 1 aromatic rings. The van der Waals surface area contributed by atoms with E-state index in [4.69, 9.17) is 4.74 Å². The molecule has 1 saturated heterocycles. The summed E-state index contributed by atoms with van der Waals surface area (Å²) in [5.41, 5.74) is 3.47. The van der Waals surface area contributed by atoms with Gasteiger partial charge in [0.15, 0.2) is 0 Å². The lowest BCUT2D eigenvalue weighted by molar-refractivity contribution is -0.133. The van der Waals surface area contributed by atoms with Gasteiger partial charge in [-0.3, -0.25) is 4.79 Å². The van der Waals surface area contributed by atoms with Crippen LogP contribution < -0.4 is 5.32 Å². The van der Waals surface area contributed by atoms with Crippen molar-refractivity contribution in [2.24, 2.45) is 0 Å². The third-order valence-corrected chi connectivity index (χ3v) is 3.40. The fraction of sp³-hybridized carbons (Fsp3) is 0.500. The Hall–Kier alpha value is -1.55. The van der Waals surface area contributed by atoms with Crippen LogP contribution in [-0.2, 0) is 9.53 Å². The van der Waals surface area contributed by atoms with E-state index in [0.29, 0.717) is 32.8 Å². The van der Waals surface area contributed by atoms with Crippen molar-refractivity contribution in [2.45, 2.75) is 13.8 Å². The maximum atomic E-state index is 12.0. The Morgan fingerprint density at radius 1 is 1.33 bits per heavy atom. The summed E-state index contributed by atoms with van der Waals surface area (Å²) in [6, 6.07) is 6.09. The number of hydrogen-bond donors (Lipinski definition) is 1. The number of anilines is 1. The zero-order chi connectivity index (χ0) is 13.0. The summed E-state index contributed by atoms with van der Waals surface area (Å²) in [5, 5.41) is 3.22. The lowest BCUT2D eigenvalue weighted by atomic mass is 10.1. The molecule has 0 aromatic heterocycles. The summed E-state index contributed by atoms with van der Waals surface area (Å²) in [6.45, 7) is 7.19. The molecular weight excluding hydrogens is 228 g/mol. The summed E-state index contributed by atoms with van der Waals surface area (Å²) in [5.74, 6) is 0.138. The standard InChI is InChI=1S/C14H20N2O2/c1-11-4-3-5-13(12(11)2)15-10-14(17)16-6-8-18-9-7-16/h3-5,15H,6-10H2,1-2H3. The average Bonchev–Trinajstić information content (AvgIpc) is 2.41. The molecule has 1 N–H and O–H groups in total. The van der Waals surface area contributed by atoms with Crippen LogP contribution in [0.4, 0.5) is 5.69 Å². The molecule has 1 aliphatic rings. The smallest absolute Gasteiger partial charge is 0.242 e. The number of hydrogen-bond acceptors (Lipinski definition) is 3. The molecule has 98 valence electrons. The molecule has 4 nitrogen and oxygen atoms in total. The summed E-state index contributed by atoms with van der Waals surface area (Å²) in [4.78, 5) is 13.8. The molecule has 18 heavy (non-hydrogen) atoms. The summed E-state index contributed by atoms with van der Waals surface area (Å²) < 4.78 is 5.23. The highest BCUT2D eigenvalue weighted by Crippen LogP contribution is 2.17. The molecule has 0 radical (unpaired) electrons. The minimum Gasteiger partial charge on any atom is -0.378 e. The van der Waals surface area contributed by atoms with Crippen molar-refractivity contribution in [1.82, 2.24) is 4.90 Å². The van der Waals surface area contributed by atoms with Crippen LogP contribution in [0, 0.1) is 13.8 Å². The lowest BCUT2D eigenvalue weighted by Gasteiger charge is -2.27. The third-order valence-electron chi connectivity index (χ3n) is 3.40. The van der Waals surface area contributed by atoms with Gasteiger partial charge in [0, 0.05) is 18.8 Å². The van der Waals surface area contributed by atoms with Crippen LogP contribution in [0.1, 0.15) is 11.1 Å². The van der Waals surface area contributed by atoms with Gasteiger partial charge in [-0.25, -0.2) is 0 Å². The van der Waals surface area contributed by atoms with Crippen LogP contribution in [-0.4, -0.2) is 43.7 Å². The first-order valence-electron chi connectivity index (χ1n) is 6.34. The van der Waals surface area contributed by atoms with Gasteiger partial charge in [0.05, 0.1) is 19.8 Å². The number of ether oxygens (including phenoxy) is 1. The highest BCUT2D eigenvalue weighted by atomic mass is 16.5. The second kappa shape index (κ2) is 5.87. The molecule has 2 rings (SSSR count). The van der Waals surface area contributed by atoms with Crippen molar-refractivity contribution in [3.05, 3.63) is 29.3 Å². The zero-order valence-corrected chi connectivity index (χ0v) is 11.0.